The number of carbonyl (C=O) groups is 3. The van der Waals surface area contributed by atoms with Crippen molar-refractivity contribution in [3.8, 4) is 0 Å². The molecule has 0 N–H and O–H groups in total. The molecule has 0 aromatic heterocycles. The molecule has 81 heavy (non-hydrogen) atoms. The first-order valence-electron chi connectivity index (χ1n) is 35.8. The largest absolute Gasteiger partial charge is 0.462 e. The number of rotatable bonds is 66. The van der Waals surface area contributed by atoms with Gasteiger partial charge in [0.15, 0.2) is 6.10 Å². The highest BCUT2D eigenvalue weighted by atomic mass is 16.6. The Labute approximate surface area is 504 Å². The predicted molar refractivity (Wildman–Crippen MR) is 353 cm³/mol. The summed E-state index contributed by atoms with van der Waals surface area (Å²) in [5, 5.41) is 0. The van der Waals surface area contributed by atoms with E-state index in [1.807, 2.05) is 0 Å². The number of ether oxygens (including phenoxy) is 3. The zero-order chi connectivity index (χ0) is 58.5. The van der Waals surface area contributed by atoms with Crippen LogP contribution in [0, 0.1) is 0 Å². The first kappa shape index (κ1) is 78.1. The van der Waals surface area contributed by atoms with E-state index in [0.29, 0.717) is 19.3 Å². The van der Waals surface area contributed by atoms with Gasteiger partial charge in [-0.25, -0.2) is 0 Å². The molecule has 1 atom stereocenters. The first-order chi connectivity index (χ1) is 40.0. The van der Waals surface area contributed by atoms with Gasteiger partial charge in [0.2, 0.25) is 0 Å². The summed E-state index contributed by atoms with van der Waals surface area (Å²) >= 11 is 0. The van der Waals surface area contributed by atoms with Crippen LogP contribution in [0.1, 0.15) is 380 Å². The van der Waals surface area contributed by atoms with Crippen LogP contribution in [0.25, 0.3) is 0 Å². The van der Waals surface area contributed by atoms with Gasteiger partial charge >= 0.3 is 17.9 Å². The number of allylic oxidation sites excluding steroid dienone is 10. The molecule has 0 bridgehead atoms. The molecular formula is C75H136O6. The zero-order valence-corrected chi connectivity index (χ0v) is 54.3. The standard InChI is InChI=1S/C75H136O6/c1-4-7-10-13-15-17-19-21-23-25-27-29-31-33-35-36-37-38-40-41-43-45-47-49-51-53-55-57-59-62-65-68-74(77)80-71-72(70-79-73(76)67-64-61-12-9-6-3)81-75(78)69-66-63-60-58-56-54-52-50-48-46-44-42-39-34-32-30-28-26-24-22-20-18-16-14-11-8-5-2/h8,11,16,18,22,24-25,27-28,30,72H,4-7,9-10,12-15,17,19-21,23,26,29,31-71H2,1-3H3/b11-8-,18-16-,24-22-,27-25-,30-28-. The second-order valence-corrected chi connectivity index (χ2v) is 24.1. The Balaban J connectivity index is 3.92. The molecule has 0 amide bonds. The van der Waals surface area contributed by atoms with Crippen molar-refractivity contribution < 1.29 is 28.6 Å². The number of hydrogen-bond donors (Lipinski definition) is 0. The molecule has 0 rings (SSSR count). The van der Waals surface area contributed by atoms with E-state index in [1.165, 1.54) is 250 Å². The number of carbonyl (C=O) groups excluding carboxylic acids is 3. The van der Waals surface area contributed by atoms with Crippen LogP contribution in [-0.2, 0) is 28.6 Å². The van der Waals surface area contributed by atoms with Crippen molar-refractivity contribution in [3.05, 3.63) is 60.8 Å². The second kappa shape index (κ2) is 69.6. The lowest BCUT2D eigenvalue weighted by Crippen LogP contribution is -2.30. The topological polar surface area (TPSA) is 78.9 Å². The fourth-order valence-electron chi connectivity index (χ4n) is 10.7. The van der Waals surface area contributed by atoms with Gasteiger partial charge in [-0.2, -0.15) is 0 Å². The molecule has 472 valence electrons. The maximum atomic E-state index is 12.9. The molecule has 0 aliphatic rings. The van der Waals surface area contributed by atoms with Crippen molar-refractivity contribution in [2.75, 3.05) is 13.2 Å². The highest BCUT2D eigenvalue weighted by Crippen LogP contribution is 2.18. The van der Waals surface area contributed by atoms with Crippen LogP contribution in [0.3, 0.4) is 0 Å². The summed E-state index contributed by atoms with van der Waals surface area (Å²) in [6.45, 7) is 6.50. The average molecular weight is 1130 g/mol. The summed E-state index contributed by atoms with van der Waals surface area (Å²) in [6, 6.07) is 0. The lowest BCUT2D eigenvalue weighted by molar-refractivity contribution is -0.167. The van der Waals surface area contributed by atoms with Crippen LogP contribution < -0.4 is 0 Å². The van der Waals surface area contributed by atoms with Gasteiger partial charge in [0.1, 0.15) is 13.2 Å². The Morgan fingerprint density at radius 3 is 0.765 bits per heavy atom. The Morgan fingerprint density at radius 1 is 0.259 bits per heavy atom. The summed E-state index contributed by atoms with van der Waals surface area (Å²) in [6.07, 6.45) is 90.3. The molecule has 0 radical (unpaired) electrons. The van der Waals surface area contributed by atoms with Gasteiger partial charge in [-0.3, -0.25) is 14.4 Å². The van der Waals surface area contributed by atoms with Gasteiger partial charge in [0.25, 0.3) is 0 Å². The number of esters is 3. The molecule has 0 aliphatic carbocycles. The Hall–Kier alpha value is -2.89. The molecule has 0 aromatic carbocycles. The van der Waals surface area contributed by atoms with Crippen molar-refractivity contribution in [3.63, 3.8) is 0 Å². The monoisotopic (exact) mass is 1130 g/mol. The normalized spacial score (nSPS) is 12.4. The van der Waals surface area contributed by atoms with Gasteiger partial charge in [0, 0.05) is 19.3 Å². The zero-order valence-electron chi connectivity index (χ0n) is 54.3. The minimum atomic E-state index is -0.770. The minimum absolute atomic E-state index is 0.0698. The molecule has 1 unspecified atom stereocenters. The van der Waals surface area contributed by atoms with Gasteiger partial charge in [-0.05, 0) is 83.5 Å². The molecule has 0 aromatic rings. The third kappa shape index (κ3) is 67.8. The van der Waals surface area contributed by atoms with Crippen LogP contribution in [0.15, 0.2) is 60.8 Å². The Morgan fingerprint density at radius 2 is 0.481 bits per heavy atom. The lowest BCUT2D eigenvalue weighted by atomic mass is 10.0. The molecule has 6 heteroatoms. The van der Waals surface area contributed by atoms with Crippen molar-refractivity contribution in [2.24, 2.45) is 0 Å². The van der Waals surface area contributed by atoms with E-state index in [4.69, 9.17) is 14.2 Å². The van der Waals surface area contributed by atoms with E-state index >= 15 is 0 Å². The minimum Gasteiger partial charge on any atom is -0.462 e. The summed E-state index contributed by atoms with van der Waals surface area (Å²) < 4.78 is 16.8. The summed E-state index contributed by atoms with van der Waals surface area (Å²) in [5.74, 6) is -0.863. The van der Waals surface area contributed by atoms with E-state index < -0.39 is 6.10 Å². The van der Waals surface area contributed by atoms with Crippen LogP contribution in [0.4, 0.5) is 0 Å². The van der Waals surface area contributed by atoms with Gasteiger partial charge < -0.3 is 14.2 Å². The Kier molecular flexibility index (Phi) is 67.1. The van der Waals surface area contributed by atoms with E-state index in [-0.39, 0.29) is 31.1 Å². The maximum absolute atomic E-state index is 12.9. The highest BCUT2D eigenvalue weighted by molar-refractivity contribution is 5.71. The average Bonchev–Trinajstić information content (AvgIpc) is 3.47. The van der Waals surface area contributed by atoms with Crippen molar-refractivity contribution in [2.45, 2.75) is 386 Å². The summed E-state index contributed by atoms with van der Waals surface area (Å²) in [4.78, 5) is 38.0. The van der Waals surface area contributed by atoms with Gasteiger partial charge in [-0.1, -0.05) is 338 Å². The smallest absolute Gasteiger partial charge is 0.306 e. The third-order valence-electron chi connectivity index (χ3n) is 16.0. The van der Waals surface area contributed by atoms with E-state index in [9.17, 15) is 14.4 Å². The number of unbranched alkanes of at least 4 members (excludes halogenated alkanes) is 45. The Bertz CT molecular complexity index is 1440. The number of hydrogen-bond acceptors (Lipinski definition) is 6. The maximum Gasteiger partial charge on any atom is 0.306 e. The predicted octanol–water partition coefficient (Wildman–Crippen LogP) is 24.7. The molecule has 6 nitrogen and oxygen atoms in total. The summed E-state index contributed by atoms with van der Waals surface area (Å²) in [5.41, 5.74) is 0. The van der Waals surface area contributed by atoms with Crippen LogP contribution in [0.2, 0.25) is 0 Å². The molecule has 0 saturated heterocycles. The van der Waals surface area contributed by atoms with Crippen molar-refractivity contribution >= 4 is 17.9 Å². The van der Waals surface area contributed by atoms with E-state index in [0.717, 1.165) is 89.9 Å². The van der Waals surface area contributed by atoms with E-state index in [2.05, 4.69) is 81.5 Å². The lowest BCUT2D eigenvalue weighted by Gasteiger charge is -2.18. The SMILES string of the molecule is CC/C=C\C/C=C\C/C=C\C/C=C\CCCCCCCCCCCCCCCCC(=O)OC(COC(=O)CCCCCCC)COC(=O)CCCCCCCCCCCCCCCCCCCCC/C=C\CCCCCCCCCC. The van der Waals surface area contributed by atoms with Crippen LogP contribution in [0.5, 0.6) is 0 Å². The van der Waals surface area contributed by atoms with Crippen molar-refractivity contribution in [1.82, 2.24) is 0 Å². The fraction of sp³-hybridized carbons (Fsp3) is 0.827. The molecular weight excluding hydrogens is 997 g/mol. The van der Waals surface area contributed by atoms with Crippen LogP contribution in [-0.4, -0.2) is 37.2 Å². The van der Waals surface area contributed by atoms with Gasteiger partial charge in [0.05, 0.1) is 0 Å². The molecule has 0 heterocycles. The third-order valence-corrected chi connectivity index (χ3v) is 16.0. The quantitative estimate of drug-likeness (QED) is 0.0261. The molecule has 0 aliphatic heterocycles. The highest BCUT2D eigenvalue weighted by Gasteiger charge is 2.19. The molecule has 0 spiro atoms. The fourth-order valence-corrected chi connectivity index (χ4v) is 10.7. The van der Waals surface area contributed by atoms with E-state index in [1.54, 1.807) is 0 Å². The molecule has 0 saturated carbocycles. The molecule has 0 fully saturated rings. The summed E-state index contributed by atoms with van der Waals surface area (Å²) in [7, 11) is 0. The van der Waals surface area contributed by atoms with Crippen molar-refractivity contribution in [1.29, 1.82) is 0 Å². The first-order valence-corrected chi connectivity index (χ1v) is 35.8. The second-order valence-electron chi connectivity index (χ2n) is 24.1. The van der Waals surface area contributed by atoms with Crippen LogP contribution >= 0.6 is 0 Å². The van der Waals surface area contributed by atoms with Gasteiger partial charge in [-0.15, -0.1) is 0 Å².